The lowest BCUT2D eigenvalue weighted by Crippen LogP contribution is -2.42. The average Bonchev–Trinajstić information content (AvgIpc) is 2.97. The first-order valence-electron chi connectivity index (χ1n) is 7.71. The van der Waals surface area contributed by atoms with Gasteiger partial charge in [0.15, 0.2) is 0 Å². The lowest BCUT2D eigenvalue weighted by molar-refractivity contribution is -0.123. The molecule has 3 rings (SSSR count). The second-order valence-electron chi connectivity index (χ2n) is 5.91. The van der Waals surface area contributed by atoms with Crippen LogP contribution in [0.5, 0.6) is 5.75 Å². The topological polar surface area (TPSA) is 62.1 Å². The van der Waals surface area contributed by atoms with E-state index in [0.29, 0.717) is 12.5 Å². The first-order chi connectivity index (χ1) is 10.3. The fourth-order valence-electron chi connectivity index (χ4n) is 3.36. The van der Waals surface area contributed by atoms with Crippen LogP contribution in [0.2, 0.25) is 0 Å². The minimum atomic E-state index is -0.370. The van der Waals surface area contributed by atoms with Crippen molar-refractivity contribution < 1.29 is 9.53 Å². The highest BCUT2D eigenvalue weighted by Crippen LogP contribution is 2.34. The molecule has 1 aliphatic carbocycles. The molecule has 1 fully saturated rings. The van der Waals surface area contributed by atoms with E-state index >= 15 is 0 Å². The van der Waals surface area contributed by atoms with Crippen LogP contribution in [0.25, 0.3) is 0 Å². The number of carbonyl (C=O) groups is 1. The van der Waals surface area contributed by atoms with Gasteiger partial charge in [0.2, 0.25) is 5.91 Å². The van der Waals surface area contributed by atoms with E-state index in [1.54, 1.807) is 0 Å². The summed E-state index contributed by atoms with van der Waals surface area (Å²) >= 11 is 0. The van der Waals surface area contributed by atoms with Gasteiger partial charge in [-0.2, -0.15) is 5.26 Å². The number of rotatable bonds is 3. The maximum atomic E-state index is 12.5. The third-order valence-electron chi connectivity index (χ3n) is 4.57. The van der Waals surface area contributed by atoms with Gasteiger partial charge in [0.25, 0.3) is 0 Å². The van der Waals surface area contributed by atoms with Gasteiger partial charge in [-0.25, -0.2) is 0 Å². The molecule has 0 radical (unpaired) electrons. The SMILES string of the molecule is N#CC(NC(=O)C1COc2ccccc21)C1CCCCC1. The Labute approximate surface area is 125 Å². The third-order valence-corrected chi connectivity index (χ3v) is 4.57. The average molecular weight is 284 g/mol. The van der Waals surface area contributed by atoms with E-state index in [2.05, 4.69) is 11.4 Å². The van der Waals surface area contributed by atoms with E-state index in [1.807, 2.05) is 24.3 Å². The summed E-state index contributed by atoms with van der Waals surface area (Å²) in [5.41, 5.74) is 0.926. The second kappa shape index (κ2) is 6.17. The zero-order valence-corrected chi connectivity index (χ0v) is 12.0. The van der Waals surface area contributed by atoms with Crippen molar-refractivity contribution in [2.45, 2.75) is 44.1 Å². The molecule has 21 heavy (non-hydrogen) atoms. The molecular formula is C17H20N2O2. The Balaban J connectivity index is 1.67. The van der Waals surface area contributed by atoms with Crippen LogP contribution < -0.4 is 10.1 Å². The molecule has 0 saturated heterocycles. The van der Waals surface area contributed by atoms with Gasteiger partial charge in [-0.05, 0) is 24.8 Å². The van der Waals surface area contributed by atoms with Gasteiger partial charge in [0.05, 0.1) is 6.07 Å². The Hall–Kier alpha value is -2.02. The van der Waals surface area contributed by atoms with Crippen LogP contribution >= 0.6 is 0 Å². The summed E-state index contributed by atoms with van der Waals surface area (Å²) in [6.45, 7) is 0.369. The quantitative estimate of drug-likeness (QED) is 0.928. The van der Waals surface area contributed by atoms with Crippen LogP contribution in [0.3, 0.4) is 0 Å². The van der Waals surface area contributed by atoms with Gasteiger partial charge in [-0.15, -0.1) is 0 Å². The van der Waals surface area contributed by atoms with Gasteiger partial charge in [-0.3, -0.25) is 4.79 Å². The number of ether oxygens (including phenoxy) is 1. The largest absolute Gasteiger partial charge is 0.492 e. The van der Waals surface area contributed by atoms with Crippen molar-refractivity contribution >= 4 is 5.91 Å². The van der Waals surface area contributed by atoms with E-state index in [-0.39, 0.29) is 17.9 Å². The molecule has 1 N–H and O–H groups in total. The summed E-state index contributed by atoms with van der Waals surface area (Å²) in [6, 6.07) is 9.53. The van der Waals surface area contributed by atoms with E-state index in [1.165, 1.54) is 6.42 Å². The van der Waals surface area contributed by atoms with E-state index in [9.17, 15) is 10.1 Å². The summed E-state index contributed by atoms with van der Waals surface area (Å²) in [4.78, 5) is 12.5. The number of nitrogens with zero attached hydrogens (tertiary/aromatic N) is 1. The number of carbonyl (C=O) groups excluding carboxylic acids is 1. The number of hydrogen-bond acceptors (Lipinski definition) is 3. The number of para-hydroxylation sites is 1. The van der Waals surface area contributed by atoms with Crippen molar-refractivity contribution in [2.24, 2.45) is 5.92 Å². The van der Waals surface area contributed by atoms with Crippen LogP contribution in [-0.2, 0) is 4.79 Å². The normalized spacial score (nSPS) is 22.7. The van der Waals surface area contributed by atoms with E-state index in [4.69, 9.17) is 4.74 Å². The second-order valence-corrected chi connectivity index (χ2v) is 5.91. The molecule has 0 bridgehead atoms. The molecule has 1 amide bonds. The highest BCUT2D eigenvalue weighted by molar-refractivity contribution is 5.86. The summed E-state index contributed by atoms with van der Waals surface area (Å²) < 4.78 is 5.55. The third kappa shape index (κ3) is 2.87. The molecule has 0 aromatic heterocycles. The number of hydrogen-bond donors (Lipinski definition) is 1. The van der Waals surface area contributed by atoms with Crippen molar-refractivity contribution in [3.05, 3.63) is 29.8 Å². The Morgan fingerprint density at radius 2 is 2.05 bits per heavy atom. The van der Waals surface area contributed by atoms with E-state index in [0.717, 1.165) is 37.0 Å². The maximum absolute atomic E-state index is 12.5. The van der Waals surface area contributed by atoms with Crippen molar-refractivity contribution in [2.75, 3.05) is 6.61 Å². The molecule has 2 atom stereocenters. The van der Waals surface area contributed by atoms with E-state index < -0.39 is 0 Å². The van der Waals surface area contributed by atoms with Crippen LogP contribution in [0.15, 0.2) is 24.3 Å². The molecule has 1 aliphatic heterocycles. The maximum Gasteiger partial charge on any atom is 0.232 e. The molecule has 2 aliphatic rings. The van der Waals surface area contributed by atoms with Gasteiger partial charge in [0, 0.05) is 5.56 Å². The van der Waals surface area contributed by atoms with Crippen molar-refractivity contribution in [1.82, 2.24) is 5.32 Å². The predicted molar refractivity (Wildman–Crippen MR) is 78.8 cm³/mol. The van der Waals surface area contributed by atoms with Crippen LogP contribution in [0.1, 0.15) is 43.6 Å². The van der Waals surface area contributed by atoms with Crippen molar-refractivity contribution in [3.63, 3.8) is 0 Å². The first kappa shape index (κ1) is 13.9. The smallest absolute Gasteiger partial charge is 0.232 e. The highest BCUT2D eigenvalue weighted by Gasteiger charge is 2.33. The molecule has 2 unspecified atom stereocenters. The first-order valence-corrected chi connectivity index (χ1v) is 7.71. The van der Waals surface area contributed by atoms with Gasteiger partial charge in [0.1, 0.15) is 24.3 Å². The predicted octanol–water partition coefficient (Wildman–Crippen LogP) is 2.75. The fourth-order valence-corrected chi connectivity index (χ4v) is 3.36. The monoisotopic (exact) mass is 284 g/mol. The summed E-state index contributed by atoms with van der Waals surface area (Å²) in [5.74, 6) is 0.701. The number of fused-ring (bicyclic) bond motifs is 1. The van der Waals surface area contributed by atoms with Gasteiger partial charge >= 0.3 is 0 Å². The van der Waals surface area contributed by atoms with Gasteiger partial charge < -0.3 is 10.1 Å². The Morgan fingerprint density at radius 1 is 1.29 bits per heavy atom. The summed E-state index contributed by atoms with van der Waals surface area (Å²) in [6.07, 6.45) is 5.64. The number of nitriles is 1. The highest BCUT2D eigenvalue weighted by atomic mass is 16.5. The Morgan fingerprint density at radius 3 is 2.81 bits per heavy atom. The molecule has 1 aromatic carbocycles. The molecule has 4 nitrogen and oxygen atoms in total. The lowest BCUT2D eigenvalue weighted by atomic mass is 9.84. The molecule has 1 heterocycles. The molecule has 0 spiro atoms. The Bertz CT molecular complexity index is 558. The standard InChI is InChI=1S/C17H20N2O2/c18-10-15(12-6-2-1-3-7-12)19-17(20)14-11-21-16-9-5-4-8-13(14)16/h4-5,8-9,12,14-15H,1-3,6-7,11H2,(H,19,20). The van der Waals surface area contributed by atoms with Crippen molar-refractivity contribution in [3.8, 4) is 11.8 Å². The zero-order chi connectivity index (χ0) is 14.7. The molecular weight excluding hydrogens is 264 g/mol. The Kier molecular flexibility index (Phi) is 4.10. The van der Waals surface area contributed by atoms with Crippen LogP contribution in [-0.4, -0.2) is 18.6 Å². The number of benzene rings is 1. The summed E-state index contributed by atoms with van der Waals surface area (Å²) in [7, 11) is 0. The summed E-state index contributed by atoms with van der Waals surface area (Å²) in [5, 5.41) is 12.3. The minimum Gasteiger partial charge on any atom is -0.492 e. The van der Waals surface area contributed by atoms with Crippen molar-refractivity contribution in [1.29, 1.82) is 5.26 Å². The minimum absolute atomic E-state index is 0.0860. The fraction of sp³-hybridized carbons (Fsp3) is 0.529. The number of nitrogens with one attached hydrogen (secondary N) is 1. The van der Waals surface area contributed by atoms with Gasteiger partial charge in [-0.1, -0.05) is 37.5 Å². The van der Waals surface area contributed by atoms with Crippen LogP contribution in [0, 0.1) is 17.2 Å². The zero-order valence-electron chi connectivity index (χ0n) is 12.0. The lowest BCUT2D eigenvalue weighted by Gasteiger charge is -2.27. The molecule has 1 aromatic rings. The number of amides is 1. The van der Waals surface area contributed by atoms with Crippen LogP contribution in [0.4, 0.5) is 0 Å². The molecule has 4 heteroatoms. The molecule has 110 valence electrons. The molecule has 1 saturated carbocycles.